The molecule has 2 aromatic carbocycles. The van der Waals surface area contributed by atoms with Crippen LogP contribution in [-0.4, -0.2) is 50.0 Å². The van der Waals surface area contributed by atoms with E-state index in [9.17, 15) is 9.59 Å². The number of nitrogens with one attached hydrogen (secondary N) is 1. The van der Waals surface area contributed by atoms with Crippen LogP contribution in [-0.2, 0) is 13.0 Å². The smallest absolute Gasteiger partial charge is 0.270 e. The Kier molecular flexibility index (Phi) is 6.30. The zero-order chi connectivity index (χ0) is 22.6. The number of amides is 1. The van der Waals surface area contributed by atoms with Crippen molar-refractivity contribution in [2.45, 2.75) is 31.0 Å². The minimum atomic E-state index is -0.0260. The van der Waals surface area contributed by atoms with Crippen LogP contribution in [0.25, 0.3) is 11.0 Å². The van der Waals surface area contributed by atoms with Crippen LogP contribution in [0.15, 0.2) is 72.0 Å². The van der Waals surface area contributed by atoms with Gasteiger partial charge in [0.2, 0.25) is 0 Å². The first-order valence-electron chi connectivity index (χ1n) is 11.3. The third kappa shape index (κ3) is 4.73. The van der Waals surface area contributed by atoms with Crippen molar-refractivity contribution < 1.29 is 9.59 Å². The van der Waals surface area contributed by atoms with Gasteiger partial charge >= 0.3 is 0 Å². The fourth-order valence-electron chi connectivity index (χ4n) is 4.25. The molecule has 33 heavy (non-hydrogen) atoms. The van der Waals surface area contributed by atoms with E-state index in [1.165, 1.54) is 17.3 Å². The Morgan fingerprint density at radius 1 is 1.00 bits per heavy atom. The topological polar surface area (TPSA) is 71.0 Å². The number of aromatic amines is 1. The summed E-state index contributed by atoms with van der Waals surface area (Å²) in [6, 6.07) is 20.1. The Balaban J connectivity index is 1.29. The fraction of sp³-hybridized carbons (Fsp3) is 0.269. The first-order chi connectivity index (χ1) is 16.2. The summed E-state index contributed by atoms with van der Waals surface area (Å²) in [6.07, 6.45) is 4.62. The van der Waals surface area contributed by atoms with Crippen LogP contribution < -0.4 is 0 Å². The number of carbonyl (C=O) groups excluding carboxylic acids is 2. The van der Waals surface area contributed by atoms with E-state index < -0.39 is 0 Å². The monoisotopic (exact) mass is 458 g/mol. The van der Waals surface area contributed by atoms with Crippen LogP contribution in [0.5, 0.6) is 0 Å². The lowest BCUT2D eigenvalue weighted by atomic mass is 10.1. The number of carbonyl (C=O) groups is 2. The number of rotatable bonds is 8. The molecule has 0 atom stereocenters. The molecule has 0 saturated carbocycles. The second kappa shape index (κ2) is 9.67. The van der Waals surface area contributed by atoms with Crippen molar-refractivity contribution in [1.82, 2.24) is 19.4 Å². The van der Waals surface area contributed by atoms with E-state index in [2.05, 4.69) is 39.9 Å². The molecule has 0 bridgehead atoms. The number of hydrogen-bond acceptors (Lipinski definition) is 4. The summed E-state index contributed by atoms with van der Waals surface area (Å²) >= 11 is 1.45. The third-order valence-corrected chi connectivity index (χ3v) is 7.02. The number of nitrogens with zero attached hydrogens (tertiary/aromatic N) is 3. The number of para-hydroxylation sites is 2. The Labute approximate surface area is 197 Å². The minimum absolute atomic E-state index is 0.0154. The summed E-state index contributed by atoms with van der Waals surface area (Å²) in [7, 11) is 0. The lowest BCUT2D eigenvalue weighted by Crippen LogP contribution is -2.27. The van der Waals surface area contributed by atoms with Gasteiger partial charge in [0.05, 0.1) is 16.8 Å². The molecule has 7 heteroatoms. The van der Waals surface area contributed by atoms with Crippen LogP contribution in [0, 0.1) is 0 Å². The van der Waals surface area contributed by atoms with Crippen LogP contribution in [0.2, 0.25) is 0 Å². The molecular formula is C26H26N4O2S. The normalized spacial score (nSPS) is 13.6. The third-order valence-electron chi connectivity index (χ3n) is 6.05. The van der Waals surface area contributed by atoms with Crippen molar-refractivity contribution in [3.8, 4) is 0 Å². The van der Waals surface area contributed by atoms with Gasteiger partial charge in [-0.05, 0) is 43.0 Å². The van der Waals surface area contributed by atoms with E-state index in [0.717, 1.165) is 55.1 Å². The first-order valence-corrected chi connectivity index (χ1v) is 12.3. The highest BCUT2D eigenvalue weighted by molar-refractivity contribution is 7.99. The molecule has 3 heterocycles. The maximum atomic E-state index is 12.9. The van der Waals surface area contributed by atoms with Crippen LogP contribution in [0.3, 0.4) is 0 Å². The summed E-state index contributed by atoms with van der Waals surface area (Å²) in [6.45, 7) is 2.37. The number of fused-ring (bicyclic) bond motifs is 1. The second-order valence-corrected chi connectivity index (χ2v) is 9.23. The molecule has 4 aromatic rings. The van der Waals surface area contributed by atoms with E-state index in [1.807, 2.05) is 29.2 Å². The van der Waals surface area contributed by atoms with Crippen molar-refractivity contribution in [2.24, 2.45) is 0 Å². The first kappa shape index (κ1) is 21.5. The molecule has 6 nitrogen and oxygen atoms in total. The molecule has 1 amide bonds. The predicted octanol–water partition coefficient (Wildman–Crippen LogP) is 4.82. The summed E-state index contributed by atoms with van der Waals surface area (Å²) in [5.41, 5.74) is 4.30. The number of imidazole rings is 1. The molecule has 0 unspecified atom stereocenters. The number of thioether (sulfide) groups is 1. The predicted molar refractivity (Wildman–Crippen MR) is 131 cm³/mol. The SMILES string of the molecule is O=C(CSc1nc2ccccc2n1CCc1ccccc1)c1c[nH]c(C(=O)N2CCCC2)c1. The van der Waals surface area contributed by atoms with E-state index in [4.69, 9.17) is 4.98 Å². The van der Waals surface area contributed by atoms with Crippen molar-refractivity contribution in [3.63, 3.8) is 0 Å². The zero-order valence-electron chi connectivity index (χ0n) is 18.4. The summed E-state index contributed by atoms with van der Waals surface area (Å²) in [4.78, 5) is 35.0. The Morgan fingerprint density at radius 3 is 2.58 bits per heavy atom. The van der Waals surface area contributed by atoms with Crippen molar-refractivity contribution in [3.05, 3.63) is 83.7 Å². The Hall–Kier alpha value is -3.32. The number of hydrogen-bond donors (Lipinski definition) is 1. The van der Waals surface area contributed by atoms with E-state index in [1.54, 1.807) is 12.3 Å². The van der Waals surface area contributed by atoms with Gasteiger partial charge in [-0.15, -0.1) is 0 Å². The van der Waals surface area contributed by atoms with Gasteiger partial charge in [-0.2, -0.15) is 0 Å². The van der Waals surface area contributed by atoms with E-state index in [0.29, 0.717) is 11.3 Å². The van der Waals surface area contributed by atoms with Gasteiger partial charge in [-0.25, -0.2) is 4.98 Å². The molecule has 1 fully saturated rings. The lowest BCUT2D eigenvalue weighted by Gasteiger charge is -2.13. The number of H-pyrrole nitrogens is 1. The molecule has 5 rings (SSSR count). The summed E-state index contributed by atoms with van der Waals surface area (Å²) in [5, 5.41) is 0.837. The van der Waals surface area contributed by atoms with Crippen molar-refractivity contribution >= 4 is 34.5 Å². The maximum Gasteiger partial charge on any atom is 0.270 e. The lowest BCUT2D eigenvalue weighted by molar-refractivity contribution is 0.0787. The summed E-state index contributed by atoms with van der Waals surface area (Å²) in [5.74, 6) is 0.226. The number of benzene rings is 2. The highest BCUT2D eigenvalue weighted by Gasteiger charge is 2.22. The molecule has 1 aliphatic heterocycles. The van der Waals surface area contributed by atoms with Crippen molar-refractivity contribution in [2.75, 3.05) is 18.8 Å². The standard InChI is InChI=1S/C26H26N4O2S/c31-24(20-16-22(27-17-20)25(32)29-13-6-7-14-29)18-33-26-28-21-10-4-5-11-23(21)30(26)15-12-19-8-2-1-3-9-19/h1-5,8-11,16-17,27H,6-7,12-15,18H2. The minimum Gasteiger partial charge on any atom is -0.356 e. The average molecular weight is 459 g/mol. The van der Waals surface area contributed by atoms with Gasteiger partial charge in [0, 0.05) is 31.4 Å². The Morgan fingerprint density at radius 2 is 1.76 bits per heavy atom. The van der Waals surface area contributed by atoms with Crippen LogP contribution in [0.1, 0.15) is 39.3 Å². The molecule has 0 radical (unpaired) electrons. The second-order valence-electron chi connectivity index (χ2n) is 8.28. The highest BCUT2D eigenvalue weighted by Crippen LogP contribution is 2.25. The molecular weight excluding hydrogens is 432 g/mol. The van der Waals surface area contributed by atoms with E-state index in [-0.39, 0.29) is 17.4 Å². The molecule has 2 aromatic heterocycles. The number of ketones is 1. The molecule has 0 aliphatic carbocycles. The Bertz CT molecular complexity index is 1270. The van der Waals surface area contributed by atoms with Crippen molar-refractivity contribution in [1.29, 1.82) is 0 Å². The largest absolute Gasteiger partial charge is 0.356 e. The molecule has 1 saturated heterocycles. The van der Waals surface area contributed by atoms with Gasteiger partial charge in [0.15, 0.2) is 10.9 Å². The highest BCUT2D eigenvalue weighted by atomic mass is 32.2. The molecule has 168 valence electrons. The van der Waals surface area contributed by atoms with E-state index >= 15 is 0 Å². The van der Waals surface area contributed by atoms with Gasteiger partial charge in [-0.1, -0.05) is 54.2 Å². The number of aromatic nitrogens is 3. The zero-order valence-corrected chi connectivity index (χ0v) is 19.2. The number of likely N-dealkylation sites (tertiary alicyclic amines) is 1. The average Bonchev–Trinajstić information content (AvgIpc) is 3.61. The van der Waals surface area contributed by atoms with Gasteiger partial charge in [0.1, 0.15) is 5.69 Å². The maximum absolute atomic E-state index is 12.9. The summed E-state index contributed by atoms with van der Waals surface area (Å²) < 4.78 is 2.19. The number of Topliss-reactive ketones (excluding diaryl/α,β-unsaturated/α-hetero) is 1. The van der Waals surface area contributed by atoms with Gasteiger partial charge in [-0.3, -0.25) is 9.59 Å². The number of aryl methyl sites for hydroxylation is 2. The van der Waals surface area contributed by atoms with Gasteiger partial charge in [0.25, 0.3) is 5.91 Å². The molecule has 1 aliphatic rings. The molecule has 0 spiro atoms. The quantitative estimate of drug-likeness (QED) is 0.304. The van der Waals surface area contributed by atoms with Gasteiger partial charge < -0.3 is 14.5 Å². The van der Waals surface area contributed by atoms with Crippen LogP contribution in [0.4, 0.5) is 0 Å². The van der Waals surface area contributed by atoms with Crippen LogP contribution >= 0.6 is 11.8 Å². The molecule has 1 N–H and O–H groups in total. The fourth-order valence-corrected chi connectivity index (χ4v) is 5.18.